The number of carbonyl (C=O) groups excluding carboxylic acids is 1. The maximum Gasteiger partial charge on any atom is 0.312 e. The molecule has 1 atom stereocenters. The van der Waals surface area contributed by atoms with Crippen LogP contribution in [0.3, 0.4) is 0 Å². The van der Waals surface area contributed by atoms with Crippen molar-refractivity contribution in [2.75, 3.05) is 38.1 Å². The highest BCUT2D eigenvalue weighted by atomic mass is 16.5. The minimum absolute atomic E-state index is 0.282. The summed E-state index contributed by atoms with van der Waals surface area (Å²) in [5.41, 5.74) is 14.4. The summed E-state index contributed by atoms with van der Waals surface area (Å²) in [5.74, 6) is 6.35. The highest BCUT2D eigenvalue weighted by Crippen LogP contribution is 2.45. The summed E-state index contributed by atoms with van der Waals surface area (Å²) in [4.78, 5) is 20.1. The Bertz CT molecular complexity index is 1630. The van der Waals surface area contributed by atoms with Gasteiger partial charge >= 0.3 is 5.97 Å². The van der Waals surface area contributed by atoms with Crippen molar-refractivity contribution in [3.05, 3.63) is 94.2 Å². The molecule has 0 fully saturated rings. The fourth-order valence-corrected chi connectivity index (χ4v) is 6.15. The number of benzene rings is 3. The summed E-state index contributed by atoms with van der Waals surface area (Å²) in [6.07, 6.45) is 1.81. The molecule has 1 aliphatic heterocycles. The molecule has 8 nitrogen and oxygen atoms in total. The second-order valence-electron chi connectivity index (χ2n) is 11.9. The Morgan fingerprint density at radius 2 is 1.95 bits per heavy atom. The first-order valence-electron chi connectivity index (χ1n) is 14.3. The van der Waals surface area contributed by atoms with Crippen LogP contribution in [0, 0.1) is 19.3 Å². The quantitative estimate of drug-likeness (QED) is 0.131. The van der Waals surface area contributed by atoms with Crippen molar-refractivity contribution in [2.45, 2.75) is 46.7 Å². The summed E-state index contributed by atoms with van der Waals surface area (Å²) in [7, 11) is 3.20. The number of nitrogens with zero attached hydrogens (tertiary/aromatic N) is 3. The second-order valence-corrected chi connectivity index (χ2v) is 11.9. The number of hydrogen-bond acceptors (Lipinski definition) is 8. The number of pyridine rings is 1. The van der Waals surface area contributed by atoms with Gasteiger partial charge in [0.25, 0.3) is 0 Å². The molecule has 0 spiro atoms. The van der Waals surface area contributed by atoms with Crippen molar-refractivity contribution in [2.24, 2.45) is 11.3 Å². The van der Waals surface area contributed by atoms with Crippen molar-refractivity contribution < 1.29 is 14.3 Å². The van der Waals surface area contributed by atoms with Gasteiger partial charge in [-0.3, -0.25) is 14.7 Å². The zero-order valence-electron chi connectivity index (χ0n) is 25.4. The first kappa shape index (κ1) is 29.4. The predicted octanol–water partition coefficient (Wildman–Crippen LogP) is 5.47. The van der Waals surface area contributed by atoms with Crippen LogP contribution >= 0.6 is 0 Å². The summed E-state index contributed by atoms with van der Waals surface area (Å²) >= 11 is 0. The molecule has 0 bridgehead atoms. The van der Waals surface area contributed by atoms with Gasteiger partial charge in [-0.2, -0.15) is 0 Å². The van der Waals surface area contributed by atoms with E-state index in [4.69, 9.17) is 21.1 Å². The zero-order valence-corrected chi connectivity index (χ0v) is 25.4. The third kappa shape index (κ3) is 5.52. The lowest BCUT2D eigenvalue weighted by atomic mass is 9.69. The van der Waals surface area contributed by atoms with Gasteiger partial charge in [0.15, 0.2) is 0 Å². The molecule has 4 N–H and O–H groups in total. The second kappa shape index (κ2) is 11.6. The van der Waals surface area contributed by atoms with Gasteiger partial charge in [-0.05, 0) is 73.7 Å². The third-order valence-corrected chi connectivity index (χ3v) is 8.60. The molecular formula is C34H41N5O3. The molecule has 0 radical (unpaired) electrons. The summed E-state index contributed by atoms with van der Waals surface area (Å²) in [5, 5.41) is 2.62. The minimum Gasteiger partial charge on any atom is -0.492 e. The van der Waals surface area contributed by atoms with Gasteiger partial charge in [0.1, 0.15) is 12.4 Å². The van der Waals surface area contributed by atoms with Crippen molar-refractivity contribution in [3.63, 3.8) is 0 Å². The number of hydrogen-bond donors (Lipinski definition) is 2. The van der Waals surface area contributed by atoms with Crippen LogP contribution < -0.4 is 21.3 Å². The van der Waals surface area contributed by atoms with E-state index in [0.717, 1.165) is 64.2 Å². The Morgan fingerprint density at radius 1 is 1.17 bits per heavy atom. The van der Waals surface area contributed by atoms with Crippen LogP contribution in [-0.4, -0.2) is 43.2 Å². The van der Waals surface area contributed by atoms with E-state index in [1.165, 1.54) is 23.2 Å². The van der Waals surface area contributed by atoms with Gasteiger partial charge in [0, 0.05) is 55.8 Å². The Kier molecular flexibility index (Phi) is 8.12. The van der Waals surface area contributed by atoms with Gasteiger partial charge in [0.2, 0.25) is 0 Å². The summed E-state index contributed by atoms with van der Waals surface area (Å²) in [6.45, 7) is 10.9. The third-order valence-electron chi connectivity index (χ3n) is 8.60. The predicted molar refractivity (Wildman–Crippen MR) is 168 cm³/mol. The number of carbonyl (C=O) groups is 1. The van der Waals surface area contributed by atoms with Crippen LogP contribution in [0.5, 0.6) is 5.75 Å². The van der Waals surface area contributed by atoms with Crippen molar-refractivity contribution >= 4 is 28.2 Å². The molecule has 5 rings (SSSR count). The van der Waals surface area contributed by atoms with Gasteiger partial charge in [-0.25, -0.2) is 5.84 Å². The molecule has 1 aliphatic rings. The van der Waals surface area contributed by atoms with Gasteiger partial charge in [-0.15, -0.1) is 0 Å². The Balaban J connectivity index is 1.53. The monoisotopic (exact) mass is 567 g/mol. The number of aryl methyl sites for hydroxylation is 1. The van der Waals surface area contributed by atoms with Gasteiger partial charge in [-0.1, -0.05) is 30.3 Å². The topological polar surface area (TPSA) is 107 Å². The van der Waals surface area contributed by atoms with E-state index < -0.39 is 5.41 Å². The smallest absolute Gasteiger partial charge is 0.312 e. The summed E-state index contributed by atoms with van der Waals surface area (Å²) in [6, 6.07) is 18.7. The van der Waals surface area contributed by atoms with Gasteiger partial charge in [0.05, 0.1) is 29.4 Å². The number of esters is 1. The van der Waals surface area contributed by atoms with E-state index in [2.05, 4.69) is 47.1 Å². The molecular weight excluding hydrogens is 526 g/mol. The van der Waals surface area contributed by atoms with Crippen molar-refractivity contribution in [1.29, 1.82) is 0 Å². The zero-order chi connectivity index (χ0) is 30.2. The standard InChI is InChI=1S/C34H41N5O3/c1-21-9-10-24(31(34(3,4)33(40)41-6)27-11-12-29(38(5)36)32(35)22(27)2)17-25(21)19-39-14-15-42-30-18-28-23(8-7-13-37-28)16-26(30)20-39/h7-13,16-18,31H,14-15,19-20,35-36H2,1-6H3. The van der Waals surface area contributed by atoms with Crippen molar-refractivity contribution in [3.8, 4) is 5.75 Å². The number of aromatic nitrogens is 1. The molecule has 42 heavy (non-hydrogen) atoms. The molecule has 1 unspecified atom stereocenters. The molecule has 0 saturated carbocycles. The lowest BCUT2D eigenvalue weighted by Crippen LogP contribution is -2.34. The molecule has 220 valence electrons. The van der Waals surface area contributed by atoms with E-state index in [-0.39, 0.29) is 11.9 Å². The normalized spacial score (nSPS) is 14.5. The van der Waals surface area contributed by atoms with E-state index in [1.807, 2.05) is 51.2 Å². The van der Waals surface area contributed by atoms with Crippen LogP contribution in [-0.2, 0) is 22.6 Å². The average molecular weight is 568 g/mol. The SMILES string of the molecule is COC(=O)C(C)(C)C(c1ccc(C)c(CN2CCOc3cc4ncccc4cc3C2)c1)c1ccc(N(C)N)c(N)c1C. The Labute approximate surface area is 248 Å². The molecule has 8 heteroatoms. The number of nitrogens with two attached hydrogens (primary N) is 2. The highest BCUT2D eigenvalue weighted by Gasteiger charge is 2.41. The average Bonchev–Trinajstić information content (AvgIpc) is 3.16. The molecule has 0 aliphatic carbocycles. The number of rotatable bonds is 7. The van der Waals surface area contributed by atoms with E-state index >= 15 is 0 Å². The first-order chi connectivity index (χ1) is 20.0. The highest BCUT2D eigenvalue weighted by molar-refractivity contribution is 5.81. The molecule has 3 aromatic carbocycles. The lowest BCUT2D eigenvalue weighted by molar-refractivity contribution is -0.151. The molecule has 1 aromatic heterocycles. The van der Waals surface area contributed by atoms with Crippen LogP contribution in [0.4, 0.5) is 11.4 Å². The number of methoxy groups -OCH3 is 1. The fourth-order valence-electron chi connectivity index (χ4n) is 6.15. The van der Waals surface area contributed by atoms with Gasteiger partial charge < -0.3 is 20.2 Å². The Hall–Kier alpha value is -4.14. The Morgan fingerprint density at radius 3 is 2.69 bits per heavy atom. The van der Waals surface area contributed by atoms with E-state index in [9.17, 15) is 4.79 Å². The van der Waals surface area contributed by atoms with Crippen molar-refractivity contribution in [1.82, 2.24) is 9.88 Å². The molecule has 4 aromatic rings. The van der Waals surface area contributed by atoms with Crippen LogP contribution in [0.25, 0.3) is 10.9 Å². The number of anilines is 2. The summed E-state index contributed by atoms with van der Waals surface area (Å²) < 4.78 is 11.5. The number of ether oxygens (including phenoxy) is 2. The minimum atomic E-state index is -0.862. The van der Waals surface area contributed by atoms with E-state index in [0.29, 0.717) is 12.3 Å². The molecule has 2 heterocycles. The van der Waals surface area contributed by atoms with Crippen LogP contribution in [0.1, 0.15) is 53.1 Å². The van der Waals surface area contributed by atoms with Crippen LogP contribution in [0.15, 0.2) is 60.8 Å². The largest absolute Gasteiger partial charge is 0.492 e. The molecule has 0 saturated heterocycles. The lowest BCUT2D eigenvalue weighted by Gasteiger charge is -2.35. The maximum absolute atomic E-state index is 13.2. The van der Waals surface area contributed by atoms with E-state index in [1.54, 1.807) is 7.05 Å². The maximum atomic E-state index is 13.2. The van der Waals surface area contributed by atoms with Crippen LogP contribution in [0.2, 0.25) is 0 Å². The number of fused-ring (bicyclic) bond motifs is 2. The number of nitrogen functional groups attached to an aromatic ring is 1. The molecule has 0 amide bonds. The fraction of sp³-hybridized carbons (Fsp3) is 0.353. The first-order valence-corrected chi connectivity index (χ1v) is 14.3. The number of hydrazine groups is 1.